The topological polar surface area (TPSA) is 98.0 Å². The van der Waals surface area contributed by atoms with Gasteiger partial charge < -0.3 is 0 Å². The second kappa shape index (κ2) is 5.02. The number of hydrogen-bond donors (Lipinski definition) is 1. The summed E-state index contributed by atoms with van der Waals surface area (Å²) in [4.78, 5) is 20.9. The first-order valence-electron chi connectivity index (χ1n) is 4.70. The Morgan fingerprint density at radius 1 is 1.37 bits per heavy atom. The average Bonchev–Trinajstić information content (AvgIpc) is 2.83. The van der Waals surface area contributed by atoms with E-state index < -0.39 is 33.7 Å². The van der Waals surface area contributed by atoms with E-state index in [1.54, 1.807) is 0 Å². The van der Waals surface area contributed by atoms with E-state index >= 15 is 0 Å². The maximum absolute atomic E-state index is 13.5. The van der Waals surface area contributed by atoms with Crippen LogP contribution >= 0.6 is 11.3 Å². The lowest BCUT2D eigenvalue weighted by Crippen LogP contribution is -2.14. The highest BCUT2D eigenvalue weighted by atomic mass is 32.1. The maximum atomic E-state index is 13.5. The molecule has 0 aliphatic rings. The summed E-state index contributed by atoms with van der Waals surface area (Å²) in [5.74, 6) is -3.47. The Morgan fingerprint density at radius 3 is 2.68 bits per heavy atom. The van der Waals surface area contributed by atoms with Gasteiger partial charge in [-0.25, -0.2) is 4.39 Å². The lowest BCUT2D eigenvalue weighted by molar-refractivity contribution is -0.387. The molecule has 0 aliphatic heterocycles. The van der Waals surface area contributed by atoms with Crippen molar-refractivity contribution < 1.29 is 18.5 Å². The molecule has 19 heavy (non-hydrogen) atoms. The quantitative estimate of drug-likeness (QED) is 0.687. The van der Waals surface area contributed by atoms with Crippen molar-refractivity contribution in [2.45, 2.75) is 0 Å². The van der Waals surface area contributed by atoms with Gasteiger partial charge >= 0.3 is 5.69 Å². The van der Waals surface area contributed by atoms with Gasteiger partial charge in [-0.15, -0.1) is 10.2 Å². The Labute approximate surface area is 108 Å². The SMILES string of the molecule is O=C(Nc1nncs1)c1cc(F)c([N+](=O)[O-])cc1F. The van der Waals surface area contributed by atoms with Crippen molar-refractivity contribution in [3.05, 3.63) is 45.0 Å². The van der Waals surface area contributed by atoms with Crippen LogP contribution in [0.5, 0.6) is 0 Å². The molecule has 2 rings (SSSR count). The van der Waals surface area contributed by atoms with Gasteiger partial charge in [-0.3, -0.25) is 20.2 Å². The number of amides is 1. The van der Waals surface area contributed by atoms with Crippen LogP contribution < -0.4 is 5.32 Å². The number of halogens is 2. The highest BCUT2D eigenvalue weighted by Crippen LogP contribution is 2.22. The minimum Gasteiger partial charge on any atom is -0.296 e. The van der Waals surface area contributed by atoms with Gasteiger partial charge in [0, 0.05) is 0 Å². The zero-order valence-corrected chi connectivity index (χ0v) is 9.78. The Kier molecular flexibility index (Phi) is 3.42. The first kappa shape index (κ1) is 13.0. The third-order valence-corrected chi connectivity index (χ3v) is 2.66. The van der Waals surface area contributed by atoms with Crippen LogP contribution in [0.2, 0.25) is 0 Å². The van der Waals surface area contributed by atoms with Crippen LogP contribution in [0, 0.1) is 21.7 Å². The fraction of sp³-hybridized carbons (Fsp3) is 0. The summed E-state index contributed by atoms with van der Waals surface area (Å²) >= 11 is 0.985. The molecule has 1 N–H and O–H groups in total. The summed E-state index contributed by atoms with van der Waals surface area (Å²) in [7, 11) is 0. The zero-order valence-electron chi connectivity index (χ0n) is 8.96. The van der Waals surface area contributed by atoms with Crippen molar-refractivity contribution in [1.82, 2.24) is 10.2 Å². The molecule has 98 valence electrons. The number of rotatable bonds is 3. The fourth-order valence-electron chi connectivity index (χ4n) is 1.24. The Balaban J connectivity index is 2.32. The molecule has 0 aliphatic carbocycles. The van der Waals surface area contributed by atoms with E-state index in [2.05, 4.69) is 15.5 Å². The van der Waals surface area contributed by atoms with Crippen LogP contribution in [0.1, 0.15) is 10.4 Å². The summed E-state index contributed by atoms with van der Waals surface area (Å²) in [6.45, 7) is 0. The van der Waals surface area contributed by atoms with Crippen molar-refractivity contribution in [3.63, 3.8) is 0 Å². The molecule has 0 unspecified atom stereocenters. The molecule has 2 aromatic rings. The number of carbonyl (C=O) groups excluding carboxylic acids is 1. The first-order valence-corrected chi connectivity index (χ1v) is 5.58. The molecule has 1 aromatic heterocycles. The predicted octanol–water partition coefficient (Wildman–Crippen LogP) is 1.98. The smallest absolute Gasteiger partial charge is 0.296 e. The lowest BCUT2D eigenvalue weighted by Gasteiger charge is -2.03. The van der Waals surface area contributed by atoms with Gasteiger partial charge in [0.05, 0.1) is 16.6 Å². The van der Waals surface area contributed by atoms with Crippen molar-refractivity contribution in [2.75, 3.05) is 5.32 Å². The highest BCUT2D eigenvalue weighted by molar-refractivity contribution is 7.13. The largest absolute Gasteiger partial charge is 0.307 e. The fourth-order valence-corrected chi connectivity index (χ4v) is 1.68. The number of nitrogens with one attached hydrogen (secondary N) is 1. The molecule has 0 spiro atoms. The van der Waals surface area contributed by atoms with Gasteiger partial charge in [-0.2, -0.15) is 4.39 Å². The molecule has 1 amide bonds. The summed E-state index contributed by atoms with van der Waals surface area (Å²) in [5, 5.41) is 19.6. The normalized spacial score (nSPS) is 10.2. The number of hydrogen-bond acceptors (Lipinski definition) is 6. The van der Waals surface area contributed by atoms with Crippen LogP contribution in [0.15, 0.2) is 17.6 Å². The van der Waals surface area contributed by atoms with E-state index in [9.17, 15) is 23.7 Å². The molecule has 1 heterocycles. The minimum absolute atomic E-state index is 0.100. The van der Waals surface area contributed by atoms with Crippen molar-refractivity contribution in [1.29, 1.82) is 0 Å². The summed E-state index contributed by atoms with van der Waals surface area (Å²) in [6.07, 6.45) is 0. The maximum Gasteiger partial charge on any atom is 0.307 e. The second-order valence-corrected chi connectivity index (χ2v) is 4.07. The van der Waals surface area contributed by atoms with Gasteiger partial charge in [0.15, 0.2) is 0 Å². The highest BCUT2D eigenvalue weighted by Gasteiger charge is 2.22. The van der Waals surface area contributed by atoms with Crippen LogP contribution in [-0.4, -0.2) is 21.0 Å². The van der Waals surface area contributed by atoms with Crippen LogP contribution in [0.4, 0.5) is 19.6 Å². The molecule has 7 nitrogen and oxygen atoms in total. The van der Waals surface area contributed by atoms with E-state index in [4.69, 9.17) is 0 Å². The number of anilines is 1. The van der Waals surface area contributed by atoms with E-state index in [-0.39, 0.29) is 5.13 Å². The van der Waals surface area contributed by atoms with E-state index in [0.29, 0.717) is 12.1 Å². The third-order valence-electron chi connectivity index (χ3n) is 2.06. The Bertz CT molecular complexity index is 647. The average molecular weight is 286 g/mol. The lowest BCUT2D eigenvalue weighted by atomic mass is 10.1. The van der Waals surface area contributed by atoms with Crippen LogP contribution in [0.3, 0.4) is 0 Å². The second-order valence-electron chi connectivity index (χ2n) is 3.24. The predicted molar refractivity (Wildman–Crippen MR) is 60.9 cm³/mol. The number of benzene rings is 1. The van der Waals surface area contributed by atoms with Crippen molar-refractivity contribution in [3.8, 4) is 0 Å². The molecule has 0 saturated carbocycles. The number of nitro groups is 1. The molecule has 0 radical (unpaired) electrons. The number of nitrogens with zero attached hydrogens (tertiary/aromatic N) is 3. The van der Waals surface area contributed by atoms with Gasteiger partial charge in [-0.05, 0) is 6.07 Å². The van der Waals surface area contributed by atoms with Crippen molar-refractivity contribution in [2.24, 2.45) is 0 Å². The standard InChI is InChI=1S/C9H4F2N4O3S/c10-5-2-7(15(17)18)6(11)1-4(5)8(16)13-9-14-12-3-19-9/h1-3H,(H,13,14,16). The van der Waals surface area contributed by atoms with Gasteiger partial charge in [0.1, 0.15) is 11.3 Å². The van der Waals surface area contributed by atoms with E-state index in [0.717, 1.165) is 11.3 Å². The van der Waals surface area contributed by atoms with Crippen LogP contribution in [-0.2, 0) is 0 Å². The van der Waals surface area contributed by atoms with Gasteiger partial charge in [-0.1, -0.05) is 11.3 Å². The minimum atomic E-state index is -1.30. The molecular formula is C9H4F2N4O3S. The van der Waals surface area contributed by atoms with Gasteiger partial charge in [0.2, 0.25) is 10.9 Å². The zero-order chi connectivity index (χ0) is 14.0. The molecule has 0 fully saturated rings. The molecule has 10 heteroatoms. The molecule has 0 saturated heterocycles. The number of nitro benzene ring substituents is 1. The van der Waals surface area contributed by atoms with E-state index in [1.807, 2.05) is 0 Å². The number of aromatic nitrogens is 2. The molecule has 0 bridgehead atoms. The number of carbonyl (C=O) groups is 1. The van der Waals surface area contributed by atoms with Crippen molar-refractivity contribution >= 4 is 28.1 Å². The monoisotopic (exact) mass is 286 g/mol. The van der Waals surface area contributed by atoms with Gasteiger partial charge in [0.25, 0.3) is 5.91 Å². The molecule has 0 atom stereocenters. The third kappa shape index (κ3) is 2.68. The van der Waals surface area contributed by atoms with Crippen LogP contribution in [0.25, 0.3) is 0 Å². The summed E-state index contributed by atoms with van der Waals surface area (Å²) < 4.78 is 26.8. The summed E-state index contributed by atoms with van der Waals surface area (Å²) in [6, 6.07) is 0.814. The Morgan fingerprint density at radius 2 is 2.11 bits per heavy atom. The summed E-state index contributed by atoms with van der Waals surface area (Å²) in [5.41, 5.74) is -0.356. The Hall–Kier alpha value is -2.49. The first-order chi connectivity index (χ1) is 8.99. The van der Waals surface area contributed by atoms with E-state index in [1.165, 1.54) is 5.51 Å². The molecular weight excluding hydrogens is 282 g/mol. The molecule has 1 aromatic carbocycles.